The van der Waals surface area contributed by atoms with Crippen LogP contribution in [-0.4, -0.2) is 43.3 Å². The van der Waals surface area contributed by atoms with Crippen LogP contribution in [0.5, 0.6) is 0 Å². The van der Waals surface area contributed by atoms with Gasteiger partial charge in [-0.1, -0.05) is 31.4 Å². The summed E-state index contributed by atoms with van der Waals surface area (Å²) in [6.07, 6.45) is 5.41. The van der Waals surface area contributed by atoms with Crippen LogP contribution in [-0.2, 0) is 0 Å². The molecule has 3 nitrogen and oxygen atoms in total. The van der Waals surface area contributed by atoms with E-state index >= 15 is 0 Å². The maximum Gasteiger partial charge on any atom is 0.0728 e. The molecule has 20 heavy (non-hydrogen) atoms. The Morgan fingerprint density at radius 3 is 2.25 bits per heavy atom. The smallest absolute Gasteiger partial charge is 0.0728 e. The van der Waals surface area contributed by atoms with Crippen LogP contribution in [0.4, 0.5) is 5.69 Å². The Balaban J connectivity index is 2.25. The molecule has 2 rings (SSSR count). The number of likely N-dealkylation sites (N-methyl/N-ethyl adjacent to an activating group) is 1. The first-order valence-electron chi connectivity index (χ1n) is 7.70. The van der Waals surface area contributed by atoms with Crippen molar-refractivity contribution in [2.45, 2.75) is 43.6 Å². The van der Waals surface area contributed by atoms with Crippen LogP contribution in [0.3, 0.4) is 0 Å². The van der Waals surface area contributed by atoms with Crippen LogP contribution in [0.15, 0.2) is 24.3 Å². The van der Waals surface area contributed by atoms with E-state index in [9.17, 15) is 5.11 Å². The Kier molecular flexibility index (Phi) is 5.06. The minimum atomic E-state index is -0.538. The Morgan fingerprint density at radius 1 is 1.15 bits per heavy atom. The zero-order valence-electron chi connectivity index (χ0n) is 13.0. The van der Waals surface area contributed by atoms with Crippen molar-refractivity contribution in [2.24, 2.45) is 0 Å². The van der Waals surface area contributed by atoms with E-state index in [1.807, 2.05) is 7.05 Å². The fourth-order valence-electron chi connectivity index (χ4n) is 3.35. The summed E-state index contributed by atoms with van der Waals surface area (Å²) >= 11 is 0. The maximum absolute atomic E-state index is 11.1. The van der Waals surface area contributed by atoms with Gasteiger partial charge in [0, 0.05) is 25.2 Å². The van der Waals surface area contributed by atoms with Crippen molar-refractivity contribution < 1.29 is 5.11 Å². The number of rotatable bonds is 5. The molecular weight excluding hydrogens is 248 g/mol. The molecular formula is C17H28N2O. The summed E-state index contributed by atoms with van der Waals surface area (Å²) in [5.41, 5.74) is 1.83. The first-order chi connectivity index (χ1) is 9.55. The first kappa shape index (κ1) is 15.3. The third-order valence-corrected chi connectivity index (χ3v) is 4.52. The molecule has 0 aromatic heterocycles. The minimum absolute atomic E-state index is 0.198. The molecule has 3 heteroatoms. The topological polar surface area (TPSA) is 35.5 Å². The first-order valence-corrected chi connectivity index (χ1v) is 7.70. The number of benzene rings is 1. The van der Waals surface area contributed by atoms with Gasteiger partial charge in [-0.15, -0.1) is 0 Å². The van der Waals surface area contributed by atoms with Gasteiger partial charge >= 0.3 is 0 Å². The highest BCUT2D eigenvalue weighted by Crippen LogP contribution is 2.40. The van der Waals surface area contributed by atoms with Gasteiger partial charge in [-0.3, -0.25) is 0 Å². The molecule has 0 heterocycles. The van der Waals surface area contributed by atoms with Gasteiger partial charge in [0.05, 0.1) is 5.60 Å². The summed E-state index contributed by atoms with van der Waals surface area (Å²) < 4.78 is 0. The number of hydrogen-bond acceptors (Lipinski definition) is 3. The molecule has 0 aliphatic heterocycles. The predicted octanol–water partition coefficient (Wildman–Crippen LogP) is 3.07. The SMILES string of the molecule is CNc1ccc(C(CN(C)C)C2(O)CCCCC2)cc1. The highest BCUT2D eigenvalue weighted by molar-refractivity contribution is 5.45. The second-order valence-electron chi connectivity index (χ2n) is 6.35. The van der Waals surface area contributed by atoms with Crippen molar-refractivity contribution in [1.29, 1.82) is 0 Å². The zero-order chi connectivity index (χ0) is 14.6. The normalized spacial score (nSPS) is 19.9. The molecule has 0 amide bonds. The van der Waals surface area contributed by atoms with Crippen LogP contribution >= 0.6 is 0 Å². The van der Waals surface area contributed by atoms with Crippen molar-refractivity contribution in [2.75, 3.05) is 33.0 Å². The van der Waals surface area contributed by atoms with E-state index in [0.717, 1.165) is 37.9 Å². The molecule has 1 aromatic carbocycles. The van der Waals surface area contributed by atoms with Crippen LogP contribution in [0.2, 0.25) is 0 Å². The van der Waals surface area contributed by atoms with E-state index in [1.54, 1.807) is 0 Å². The second-order valence-corrected chi connectivity index (χ2v) is 6.35. The summed E-state index contributed by atoms with van der Waals surface area (Å²) in [5, 5.41) is 14.3. The van der Waals surface area contributed by atoms with E-state index in [4.69, 9.17) is 0 Å². The lowest BCUT2D eigenvalue weighted by Crippen LogP contribution is -2.42. The molecule has 1 unspecified atom stereocenters. The molecule has 1 atom stereocenters. The molecule has 0 radical (unpaired) electrons. The van der Waals surface area contributed by atoms with E-state index in [2.05, 4.69) is 48.6 Å². The van der Waals surface area contributed by atoms with Crippen LogP contribution in [0.25, 0.3) is 0 Å². The number of anilines is 1. The van der Waals surface area contributed by atoms with E-state index in [0.29, 0.717) is 0 Å². The zero-order valence-corrected chi connectivity index (χ0v) is 13.0. The monoisotopic (exact) mass is 276 g/mol. The molecule has 1 fully saturated rings. The van der Waals surface area contributed by atoms with Gasteiger partial charge in [0.15, 0.2) is 0 Å². The van der Waals surface area contributed by atoms with Crippen molar-refractivity contribution in [3.63, 3.8) is 0 Å². The molecule has 0 saturated heterocycles. The number of nitrogens with zero attached hydrogens (tertiary/aromatic N) is 1. The van der Waals surface area contributed by atoms with Crippen LogP contribution in [0, 0.1) is 0 Å². The van der Waals surface area contributed by atoms with Gasteiger partial charge in [-0.25, -0.2) is 0 Å². The summed E-state index contributed by atoms with van der Waals surface area (Å²) in [7, 11) is 6.10. The molecule has 1 saturated carbocycles. The largest absolute Gasteiger partial charge is 0.389 e. The van der Waals surface area contributed by atoms with Gasteiger partial charge in [0.1, 0.15) is 0 Å². The average Bonchev–Trinajstić information content (AvgIpc) is 2.45. The fraction of sp³-hybridized carbons (Fsp3) is 0.647. The molecule has 1 aliphatic carbocycles. The second kappa shape index (κ2) is 6.59. The lowest BCUT2D eigenvalue weighted by Gasteiger charge is -2.40. The lowest BCUT2D eigenvalue weighted by molar-refractivity contribution is -0.0277. The number of hydrogen-bond donors (Lipinski definition) is 2. The molecule has 2 N–H and O–H groups in total. The highest BCUT2D eigenvalue weighted by Gasteiger charge is 2.38. The molecule has 1 aromatic rings. The van der Waals surface area contributed by atoms with Crippen molar-refractivity contribution in [3.8, 4) is 0 Å². The third-order valence-electron chi connectivity index (χ3n) is 4.52. The fourth-order valence-corrected chi connectivity index (χ4v) is 3.35. The Hall–Kier alpha value is -1.06. The van der Waals surface area contributed by atoms with Crippen LogP contribution in [0.1, 0.15) is 43.6 Å². The van der Waals surface area contributed by atoms with Crippen molar-refractivity contribution >= 4 is 5.69 Å². The summed E-state index contributed by atoms with van der Waals surface area (Å²) in [6.45, 7) is 0.898. The van der Waals surface area contributed by atoms with Gasteiger partial charge in [0.2, 0.25) is 0 Å². The summed E-state index contributed by atoms with van der Waals surface area (Å²) in [4.78, 5) is 2.18. The summed E-state index contributed by atoms with van der Waals surface area (Å²) in [6, 6.07) is 8.52. The Bertz CT molecular complexity index is 408. The molecule has 112 valence electrons. The van der Waals surface area contributed by atoms with Crippen LogP contribution < -0.4 is 5.32 Å². The minimum Gasteiger partial charge on any atom is -0.389 e. The van der Waals surface area contributed by atoms with Gasteiger partial charge < -0.3 is 15.3 Å². The Labute approximate surface area is 123 Å². The third kappa shape index (κ3) is 3.53. The molecule has 1 aliphatic rings. The van der Waals surface area contributed by atoms with E-state index in [-0.39, 0.29) is 5.92 Å². The molecule has 0 spiro atoms. The Morgan fingerprint density at radius 2 is 1.75 bits per heavy atom. The quantitative estimate of drug-likeness (QED) is 0.867. The highest BCUT2D eigenvalue weighted by atomic mass is 16.3. The number of aliphatic hydroxyl groups is 1. The number of nitrogens with one attached hydrogen (secondary N) is 1. The van der Waals surface area contributed by atoms with Gasteiger partial charge in [0.25, 0.3) is 0 Å². The van der Waals surface area contributed by atoms with Gasteiger partial charge in [-0.05, 0) is 44.6 Å². The van der Waals surface area contributed by atoms with E-state index < -0.39 is 5.60 Å². The van der Waals surface area contributed by atoms with Crippen molar-refractivity contribution in [3.05, 3.63) is 29.8 Å². The average molecular weight is 276 g/mol. The van der Waals surface area contributed by atoms with E-state index in [1.165, 1.54) is 12.0 Å². The van der Waals surface area contributed by atoms with Gasteiger partial charge in [-0.2, -0.15) is 0 Å². The maximum atomic E-state index is 11.1. The predicted molar refractivity (Wildman–Crippen MR) is 85.3 cm³/mol. The molecule has 0 bridgehead atoms. The standard InChI is InChI=1S/C17H28N2O/c1-18-15-9-7-14(8-10-15)16(13-19(2)3)17(20)11-5-4-6-12-17/h7-10,16,18,20H,4-6,11-13H2,1-3H3. The lowest BCUT2D eigenvalue weighted by atomic mass is 9.72. The summed E-state index contributed by atoms with van der Waals surface area (Å²) in [5.74, 6) is 0.198. The van der Waals surface area contributed by atoms with Crippen molar-refractivity contribution in [1.82, 2.24) is 4.90 Å².